The highest BCUT2D eigenvalue weighted by Crippen LogP contribution is 2.33. The van der Waals surface area contributed by atoms with Crippen molar-refractivity contribution in [1.29, 1.82) is 0 Å². The summed E-state index contributed by atoms with van der Waals surface area (Å²) < 4.78 is 1.20. The summed E-state index contributed by atoms with van der Waals surface area (Å²) in [6.45, 7) is 3.55. The lowest BCUT2D eigenvalue weighted by Gasteiger charge is -2.23. The first-order valence-corrected chi connectivity index (χ1v) is 11.3. The van der Waals surface area contributed by atoms with E-state index in [-0.39, 0.29) is 17.5 Å². The van der Waals surface area contributed by atoms with Gasteiger partial charge in [0, 0.05) is 16.7 Å². The number of halogens is 1. The van der Waals surface area contributed by atoms with Crippen LogP contribution in [0.25, 0.3) is 0 Å². The molecule has 1 unspecified atom stereocenters. The quantitative estimate of drug-likeness (QED) is 0.442. The zero-order valence-corrected chi connectivity index (χ0v) is 19.3. The third-order valence-corrected chi connectivity index (χ3v) is 6.34. The molecule has 0 radical (unpaired) electrons. The van der Waals surface area contributed by atoms with Crippen molar-refractivity contribution in [2.75, 3.05) is 11.4 Å². The summed E-state index contributed by atoms with van der Waals surface area (Å²) in [5.41, 5.74) is 5.18. The van der Waals surface area contributed by atoms with Gasteiger partial charge in [-0.15, -0.1) is 0 Å². The molecular formula is C25H23IN2O3. The summed E-state index contributed by atoms with van der Waals surface area (Å²) in [5.74, 6) is -1.09. The van der Waals surface area contributed by atoms with Crippen LogP contribution in [0.2, 0.25) is 0 Å². The first-order valence-electron chi connectivity index (χ1n) is 10.2. The third kappa shape index (κ3) is 4.74. The molecule has 1 heterocycles. The van der Waals surface area contributed by atoms with E-state index in [0.29, 0.717) is 5.56 Å². The largest absolute Gasteiger partial charge is 0.478 e. The van der Waals surface area contributed by atoms with Gasteiger partial charge >= 0.3 is 5.97 Å². The highest BCUT2D eigenvalue weighted by molar-refractivity contribution is 14.1. The average Bonchev–Trinajstić information content (AvgIpc) is 3.18. The third-order valence-electron chi connectivity index (χ3n) is 5.62. The first kappa shape index (κ1) is 21.4. The van der Waals surface area contributed by atoms with Gasteiger partial charge in [-0.3, -0.25) is 4.79 Å². The van der Waals surface area contributed by atoms with Gasteiger partial charge in [-0.05, 0) is 83.0 Å². The van der Waals surface area contributed by atoms with E-state index >= 15 is 0 Å². The Balaban J connectivity index is 1.53. The summed E-state index contributed by atoms with van der Waals surface area (Å²) in [4.78, 5) is 26.5. The van der Waals surface area contributed by atoms with E-state index in [2.05, 4.69) is 63.1 Å². The summed E-state index contributed by atoms with van der Waals surface area (Å²) in [7, 11) is 0. The van der Waals surface area contributed by atoms with Crippen molar-refractivity contribution in [3.05, 3.63) is 98.1 Å². The molecule has 6 heteroatoms. The van der Waals surface area contributed by atoms with E-state index in [9.17, 15) is 9.59 Å². The molecule has 0 bridgehead atoms. The van der Waals surface area contributed by atoms with Crippen molar-refractivity contribution in [3.63, 3.8) is 0 Å². The molecule has 0 saturated carbocycles. The van der Waals surface area contributed by atoms with Crippen LogP contribution < -0.4 is 10.2 Å². The van der Waals surface area contributed by atoms with E-state index in [1.54, 1.807) is 24.3 Å². The number of carbonyl (C=O) groups excluding carboxylic acids is 1. The number of carboxylic acid groups (broad SMARTS) is 1. The topological polar surface area (TPSA) is 69.6 Å². The van der Waals surface area contributed by atoms with Gasteiger partial charge in [0.1, 0.15) is 0 Å². The van der Waals surface area contributed by atoms with E-state index in [1.165, 1.54) is 14.7 Å². The molecule has 1 aliphatic rings. The van der Waals surface area contributed by atoms with E-state index in [4.69, 9.17) is 5.11 Å². The van der Waals surface area contributed by atoms with Crippen molar-refractivity contribution in [3.8, 4) is 0 Å². The Kier molecular flexibility index (Phi) is 6.27. The number of carboxylic acids is 1. The molecule has 2 N–H and O–H groups in total. The molecule has 3 aromatic carbocycles. The zero-order valence-electron chi connectivity index (χ0n) is 17.1. The standard InChI is InChI=1S/C25H23IN2O3/c1-16(18-7-9-20(10-8-18)25(30)31)27-24(29)22-4-2-3-19-13-14-28(23(19)22)15-17-5-11-21(26)12-6-17/h2-12,16H,13-15H2,1H3,(H,27,29)(H,30,31). The van der Waals surface area contributed by atoms with Gasteiger partial charge in [0.25, 0.3) is 5.91 Å². The predicted octanol–water partition coefficient (Wildman–Crippen LogP) is 5.04. The molecule has 3 aromatic rings. The molecule has 158 valence electrons. The van der Waals surface area contributed by atoms with Crippen LogP contribution in [-0.4, -0.2) is 23.5 Å². The molecule has 1 amide bonds. The molecule has 31 heavy (non-hydrogen) atoms. The average molecular weight is 526 g/mol. The van der Waals surface area contributed by atoms with Crippen molar-refractivity contribution in [1.82, 2.24) is 5.32 Å². The number of carbonyl (C=O) groups is 2. The smallest absolute Gasteiger partial charge is 0.335 e. The fraction of sp³-hybridized carbons (Fsp3) is 0.200. The Morgan fingerprint density at radius 3 is 2.45 bits per heavy atom. The molecule has 5 nitrogen and oxygen atoms in total. The number of amides is 1. The van der Waals surface area contributed by atoms with E-state index in [0.717, 1.165) is 30.8 Å². The lowest BCUT2D eigenvalue weighted by atomic mass is 10.0. The summed E-state index contributed by atoms with van der Waals surface area (Å²) in [6.07, 6.45) is 0.924. The van der Waals surface area contributed by atoms with Gasteiger partial charge in [0.2, 0.25) is 0 Å². The maximum Gasteiger partial charge on any atom is 0.335 e. The van der Waals surface area contributed by atoms with Gasteiger partial charge < -0.3 is 15.3 Å². The summed E-state index contributed by atoms with van der Waals surface area (Å²) >= 11 is 2.30. The van der Waals surface area contributed by atoms with Crippen molar-refractivity contribution < 1.29 is 14.7 Å². The Morgan fingerprint density at radius 2 is 1.77 bits per heavy atom. The second-order valence-corrected chi connectivity index (χ2v) is 8.98. The normalized spacial score (nSPS) is 13.5. The molecule has 0 aromatic heterocycles. The number of hydrogen-bond acceptors (Lipinski definition) is 3. The number of benzene rings is 3. The van der Waals surface area contributed by atoms with Crippen LogP contribution in [-0.2, 0) is 13.0 Å². The van der Waals surface area contributed by atoms with Gasteiger partial charge in [0.05, 0.1) is 22.9 Å². The van der Waals surface area contributed by atoms with Gasteiger partial charge in [-0.1, -0.05) is 36.4 Å². The highest BCUT2D eigenvalue weighted by Gasteiger charge is 2.26. The van der Waals surface area contributed by atoms with Gasteiger partial charge in [0.15, 0.2) is 0 Å². The Labute approximate surface area is 195 Å². The number of rotatable bonds is 6. The molecule has 0 fully saturated rings. The molecule has 4 rings (SSSR count). The number of aromatic carboxylic acids is 1. The summed E-state index contributed by atoms with van der Waals surface area (Å²) in [6, 6.07) is 20.7. The van der Waals surface area contributed by atoms with Crippen LogP contribution in [0.3, 0.4) is 0 Å². The van der Waals surface area contributed by atoms with E-state index < -0.39 is 5.97 Å². The van der Waals surface area contributed by atoms with Crippen molar-refractivity contribution in [2.24, 2.45) is 0 Å². The monoisotopic (exact) mass is 526 g/mol. The number of para-hydroxylation sites is 1. The number of fused-ring (bicyclic) bond motifs is 1. The Morgan fingerprint density at radius 1 is 1.06 bits per heavy atom. The maximum atomic E-state index is 13.2. The number of nitrogens with one attached hydrogen (secondary N) is 1. The lowest BCUT2D eigenvalue weighted by Crippen LogP contribution is -2.29. The molecule has 0 spiro atoms. The highest BCUT2D eigenvalue weighted by atomic mass is 127. The van der Waals surface area contributed by atoms with Crippen LogP contribution in [0.4, 0.5) is 5.69 Å². The number of hydrogen-bond donors (Lipinski definition) is 2. The Bertz CT molecular complexity index is 1110. The minimum Gasteiger partial charge on any atom is -0.478 e. The SMILES string of the molecule is CC(NC(=O)c1cccc2c1N(Cc1ccc(I)cc1)CC2)c1ccc(C(=O)O)cc1. The van der Waals surface area contributed by atoms with Crippen molar-refractivity contribution in [2.45, 2.75) is 25.9 Å². The minimum absolute atomic E-state index is 0.124. The molecule has 0 aliphatic carbocycles. The Hall–Kier alpha value is -2.87. The predicted molar refractivity (Wildman–Crippen MR) is 130 cm³/mol. The molecule has 0 saturated heterocycles. The number of anilines is 1. The molecular weight excluding hydrogens is 503 g/mol. The van der Waals surface area contributed by atoms with Crippen LogP contribution in [0.5, 0.6) is 0 Å². The first-order chi connectivity index (χ1) is 14.9. The lowest BCUT2D eigenvalue weighted by molar-refractivity contribution is 0.0696. The summed E-state index contributed by atoms with van der Waals surface area (Å²) in [5, 5.41) is 12.1. The van der Waals surface area contributed by atoms with Crippen LogP contribution in [0.1, 0.15) is 50.4 Å². The number of nitrogens with zero attached hydrogens (tertiary/aromatic N) is 1. The second-order valence-electron chi connectivity index (χ2n) is 7.73. The van der Waals surface area contributed by atoms with Gasteiger partial charge in [-0.2, -0.15) is 0 Å². The maximum absolute atomic E-state index is 13.2. The minimum atomic E-state index is -0.962. The fourth-order valence-corrected chi connectivity index (χ4v) is 4.32. The second kappa shape index (κ2) is 9.09. The van der Waals surface area contributed by atoms with Crippen LogP contribution in [0, 0.1) is 3.57 Å². The van der Waals surface area contributed by atoms with E-state index in [1.807, 2.05) is 19.1 Å². The van der Waals surface area contributed by atoms with Crippen molar-refractivity contribution >= 4 is 40.2 Å². The van der Waals surface area contributed by atoms with Crippen LogP contribution >= 0.6 is 22.6 Å². The zero-order chi connectivity index (χ0) is 22.0. The fourth-order valence-electron chi connectivity index (χ4n) is 3.96. The van der Waals surface area contributed by atoms with Gasteiger partial charge in [-0.25, -0.2) is 4.79 Å². The van der Waals surface area contributed by atoms with Crippen LogP contribution in [0.15, 0.2) is 66.7 Å². The molecule has 1 aliphatic heterocycles. The molecule has 1 atom stereocenters.